The Bertz CT molecular complexity index is 293. The van der Waals surface area contributed by atoms with Gasteiger partial charge in [-0.2, -0.15) is 4.98 Å². The lowest BCUT2D eigenvalue weighted by molar-refractivity contribution is 0.143. The Labute approximate surface area is 82.0 Å². The van der Waals surface area contributed by atoms with Crippen LogP contribution in [0.25, 0.3) is 0 Å². The van der Waals surface area contributed by atoms with Gasteiger partial charge in [-0.05, 0) is 0 Å². The molecule has 1 rings (SSSR count). The first-order valence-corrected chi connectivity index (χ1v) is 4.06. The highest BCUT2D eigenvalue weighted by Gasteiger charge is 2.06. The molecule has 1 aromatic rings. The molecule has 0 aliphatic carbocycles. The molecule has 6 nitrogen and oxygen atoms in total. The van der Waals surface area contributed by atoms with E-state index in [1.54, 1.807) is 7.11 Å². The maximum atomic E-state index is 5.38. The van der Waals surface area contributed by atoms with Gasteiger partial charge in [0.15, 0.2) is 5.75 Å². The van der Waals surface area contributed by atoms with E-state index in [0.717, 1.165) is 0 Å². The van der Waals surface area contributed by atoms with E-state index < -0.39 is 0 Å². The highest BCUT2D eigenvalue weighted by atomic mass is 16.5. The van der Waals surface area contributed by atoms with Crippen LogP contribution in [-0.4, -0.2) is 37.4 Å². The molecule has 14 heavy (non-hydrogen) atoms. The number of aromatic nitrogens is 2. The zero-order chi connectivity index (χ0) is 10.4. The van der Waals surface area contributed by atoms with Crippen molar-refractivity contribution in [2.75, 3.05) is 33.2 Å². The average molecular weight is 199 g/mol. The van der Waals surface area contributed by atoms with Crippen LogP contribution in [-0.2, 0) is 4.74 Å². The Morgan fingerprint density at radius 2 is 2.14 bits per heavy atom. The van der Waals surface area contributed by atoms with Gasteiger partial charge in [-0.1, -0.05) is 0 Å². The summed E-state index contributed by atoms with van der Waals surface area (Å²) in [5.41, 5.74) is 5.38. The predicted molar refractivity (Wildman–Crippen MR) is 50.4 cm³/mol. The lowest BCUT2D eigenvalue weighted by Gasteiger charge is -2.08. The summed E-state index contributed by atoms with van der Waals surface area (Å²) in [7, 11) is 3.09. The first-order valence-electron chi connectivity index (χ1n) is 4.06. The molecule has 1 heterocycles. The predicted octanol–water partition coefficient (Wildman–Crippen LogP) is 0.0926. The van der Waals surface area contributed by atoms with Crippen LogP contribution in [0.1, 0.15) is 0 Å². The summed E-state index contributed by atoms with van der Waals surface area (Å²) < 4.78 is 15.1. The summed E-state index contributed by atoms with van der Waals surface area (Å²) in [6.45, 7) is 0.910. The molecule has 1 aromatic heterocycles. The first-order chi connectivity index (χ1) is 6.77. The van der Waals surface area contributed by atoms with E-state index in [0.29, 0.717) is 24.8 Å². The number of hydrogen-bond donors (Lipinski definition) is 1. The smallest absolute Gasteiger partial charge is 0.261 e. The molecule has 0 amide bonds. The Morgan fingerprint density at radius 1 is 1.36 bits per heavy atom. The van der Waals surface area contributed by atoms with Crippen molar-refractivity contribution in [2.24, 2.45) is 0 Å². The van der Waals surface area contributed by atoms with Crippen LogP contribution in [0.2, 0.25) is 0 Å². The molecule has 0 spiro atoms. The van der Waals surface area contributed by atoms with Crippen molar-refractivity contribution < 1.29 is 14.2 Å². The molecule has 0 atom stereocenters. The molecule has 78 valence electrons. The number of anilines is 1. The maximum absolute atomic E-state index is 5.38. The van der Waals surface area contributed by atoms with Gasteiger partial charge in [0.25, 0.3) is 5.88 Å². The van der Waals surface area contributed by atoms with Crippen molar-refractivity contribution in [3.8, 4) is 11.6 Å². The normalized spacial score (nSPS) is 9.86. The Kier molecular flexibility index (Phi) is 3.93. The van der Waals surface area contributed by atoms with Gasteiger partial charge in [-0.25, -0.2) is 4.98 Å². The molecular formula is C8H13N3O3. The molecular weight excluding hydrogens is 186 g/mol. The summed E-state index contributed by atoms with van der Waals surface area (Å²) >= 11 is 0. The van der Waals surface area contributed by atoms with E-state index in [-0.39, 0.29) is 5.95 Å². The molecule has 0 radical (unpaired) electrons. The number of nitrogen functional groups attached to an aromatic ring is 1. The Morgan fingerprint density at radius 3 is 2.79 bits per heavy atom. The van der Waals surface area contributed by atoms with Gasteiger partial charge in [0.05, 0.1) is 19.9 Å². The van der Waals surface area contributed by atoms with Crippen LogP contribution < -0.4 is 15.2 Å². The first kappa shape index (κ1) is 10.5. The Balaban J connectivity index is 2.65. The van der Waals surface area contributed by atoms with E-state index in [4.69, 9.17) is 19.9 Å². The summed E-state index contributed by atoms with van der Waals surface area (Å²) in [5.74, 6) is 0.938. The van der Waals surface area contributed by atoms with Crippen LogP contribution in [0.15, 0.2) is 6.20 Å². The molecule has 0 unspecified atom stereocenters. The fraction of sp³-hybridized carbons (Fsp3) is 0.500. The van der Waals surface area contributed by atoms with E-state index in [1.807, 2.05) is 0 Å². The monoisotopic (exact) mass is 199 g/mol. The molecule has 2 N–H and O–H groups in total. The van der Waals surface area contributed by atoms with E-state index >= 15 is 0 Å². The van der Waals surface area contributed by atoms with Crippen molar-refractivity contribution >= 4 is 5.95 Å². The second-order valence-electron chi connectivity index (χ2n) is 2.44. The van der Waals surface area contributed by atoms with E-state index in [1.165, 1.54) is 13.3 Å². The fourth-order valence-electron chi connectivity index (χ4n) is 0.848. The molecule has 0 aromatic carbocycles. The van der Waals surface area contributed by atoms with Gasteiger partial charge in [-0.3, -0.25) is 0 Å². The minimum absolute atomic E-state index is 0.154. The largest absolute Gasteiger partial charge is 0.484 e. The molecule has 0 bridgehead atoms. The lowest BCUT2D eigenvalue weighted by Crippen LogP contribution is -2.07. The topological polar surface area (TPSA) is 79.5 Å². The van der Waals surface area contributed by atoms with E-state index in [2.05, 4.69) is 9.97 Å². The number of nitrogens with zero attached hydrogens (tertiary/aromatic N) is 2. The SMILES string of the molecule is COCCOc1cnc(N)nc1OC. The van der Waals surface area contributed by atoms with Gasteiger partial charge < -0.3 is 19.9 Å². The quantitative estimate of drug-likeness (QED) is 0.677. The van der Waals surface area contributed by atoms with Crippen molar-refractivity contribution in [1.29, 1.82) is 0 Å². The van der Waals surface area contributed by atoms with Crippen molar-refractivity contribution in [2.45, 2.75) is 0 Å². The van der Waals surface area contributed by atoms with E-state index in [9.17, 15) is 0 Å². The summed E-state index contributed by atoms with van der Waals surface area (Å²) in [5, 5.41) is 0. The maximum Gasteiger partial charge on any atom is 0.261 e. The van der Waals surface area contributed by atoms with Crippen molar-refractivity contribution in [1.82, 2.24) is 9.97 Å². The summed E-state index contributed by atoms with van der Waals surface area (Å²) in [6.07, 6.45) is 1.47. The van der Waals surface area contributed by atoms with Crippen LogP contribution in [0.3, 0.4) is 0 Å². The number of nitrogens with two attached hydrogens (primary N) is 1. The number of rotatable bonds is 5. The van der Waals surface area contributed by atoms with Crippen molar-refractivity contribution in [3.05, 3.63) is 6.20 Å². The van der Waals surface area contributed by atoms with Gasteiger partial charge in [-0.15, -0.1) is 0 Å². The van der Waals surface area contributed by atoms with Crippen LogP contribution in [0.5, 0.6) is 11.6 Å². The highest BCUT2D eigenvalue weighted by Crippen LogP contribution is 2.23. The third kappa shape index (κ3) is 2.74. The zero-order valence-electron chi connectivity index (χ0n) is 8.19. The van der Waals surface area contributed by atoms with Crippen molar-refractivity contribution in [3.63, 3.8) is 0 Å². The summed E-state index contributed by atoms with van der Waals surface area (Å²) in [6, 6.07) is 0. The van der Waals surface area contributed by atoms with Crippen LogP contribution in [0, 0.1) is 0 Å². The molecule has 0 fully saturated rings. The Hall–Kier alpha value is -1.56. The molecule has 0 saturated carbocycles. The molecule has 0 saturated heterocycles. The molecule has 6 heteroatoms. The van der Waals surface area contributed by atoms with Gasteiger partial charge in [0, 0.05) is 7.11 Å². The minimum atomic E-state index is 0.154. The lowest BCUT2D eigenvalue weighted by atomic mass is 10.5. The van der Waals surface area contributed by atoms with Gasteiger partial charge in [0.1, 0.15) is 6.61 Å². The molecule has 0 aliphatic heterocycles. The average Bonchev–Trinajstić information content (AvgIpc) is 2.20. The second kappa shape index (κ2) is 5.23. The zero-order valence-corrected chi connectivity index (χ0v) is 8.19. The number of methoxy groups -OCH3 is 2. The van der Waals surface area contributed by atoms with Crippen LogP contribution >= 0.6 is 0 Å². The second-order valence-corrected chi connectivity index (χ2v) is 2.44. The number of hydrogen-bond acceptors (Lipinski definition) is 6. The van der Waals surface area contributed by atoms with Crippen LogP contribution in [0.4, 0.5) is 5.95 Å². The van der Waals surface area contributed by atoms with Gasteiger partial charge in [0.2, 0.25) is 5.95 Å². The third-order valence-electron chi connectivity index (χ3n) is 1.48. The third-order valence-corrected chi connectivity index (χ3v) is 1.48. The summed E-state index contributed by atoms with van der Waals surface area (Å²) in [4.78, 5) is 7.64. The number of ether oxygens (including phenoxy) is 3. The van der Waals surface area contributed by atoms with Gasteiger partial charge >= 0.3 is 0 Å². The standard InChI is InChI=1S/C8H13N3O3/c1-12-3-4-14-6-5-10-8(9)11-7(6)13-2/h5H,3-4H2,1-2H3,(H2,9,10,11). The minimum Gasteiger partial charge on any atom is -0.484 e. The fourth-order valence-corrected chi connectivity index (χ4v) is 0.848. The highest BCUT2D eigenvalue weighted by molar-refractivity contribution is 5.35. The molecule has 0 aliphatic rings.